The summed E-state index contributed by atoms with van der Waals surface area (Å²) in [5.41, 5.74) is 9.25. The van der Waals surface area contributed by atoms with E-state index in [1.807, 2.05) is 24.3 Å². The first-order valence-corrected chi connectivity index (χ1v) is 9.09. The predicted octanol–water partition coefficient (Wildman–Crippen LogP) is 4.26. The maximum atomic E-state index is 6.02. The molecule has 142 valence electrons. The average Bonchev–Trinajstić information content (AvgIpc) is 2.60. The number of benzene rings is 2. The Morgan fingerprint density at radius 2 is 1.62 bits per heavy atom. The second-order valence-electron chi connectivity index (χ2n) is 7.46. The molecule has 4 nitrogen and oxygen atoms in total. The van der Waals surface area contributed by atoms with Crippen molar-refractivity contribution in [2.24, 2.45) is 5.73 Å². The van der Waals surface area contributed by atoms with Gasteiger partial charge in [-0.2, -0.15) is 0 Å². The molecule has 2 aromatic carbocycles. The summed E-state index contributed by atoms with van der Waals surface area (Å²) in [4.78, 5) is 0. The fourth-order valence-electron chi connectivity index (χ4n) is 2.82. The zero-order valence-electron chi connectivity index (χ0n) is 16.6. The van der Waals surface area contributed by atoms with Crippen molar-refractivity contribution in [1.29, 1.82) is 0 Å². The zero-order chi connectivity index (χ0) is 19.2. The standard InChI is InChI=1S/C22H31NO3/c1-16-6-9-20(19(14-16)22(2,3)4)25-12-13-26-21-15-18(24-5)8-7-17(21)10-11-23/h6-9,14-15H,10-13,23H2,1-5H3. The third-order valence-corrected chi connectivity index (χ3v) is 4.23. The van der Waals surface area contributed by atoms with Gasteiger partial charge < -0.3 is 19.9 Å². The second kappa shape index (κ2) is 8.95. The van der Waals surface area contributed by atoms with Crippen molar-refractivity contribution < 1.29 is 14.2 Å². The first-order chi connectivity index (χ1) is 12.3. The van der Waals surface area contributed by atoms with E-state index in [-0.39, 0.29) is 5.41 Å². The minimum absolute atomic E-state index is 0.0311. The normalized spacial score (nSPS) is 11.3. The van der Waals surface area contributed by atoms with E-state index in [2.05, 4.69) is 39.8 Å². The number of hydrogen-bond acceptors (Lipinski definition) is 4. The van der Waals surface area contributed by atoms with Gasteiger partial charge in [-0.25, -0.2) is 0 Å². The molecular formula is C22H31NO3. The van der Waals surface area contributed by atoms with Crippen molar-refractivity contribution in [2.75, 3.05) is 26.9 Å². The van der Waals surface area contributed by atoms with Crippen LogP contribution in [0, 0.1) is 6.92 Å². The Hall–Kier alpha value is -2.20. The maximum Gasteiger partial charge on any atom is 0.126 e. The van der Waals surface area contributed by atoms with Crippen molar-refractivity contribution in [1.82, 2.24) is 0 Å². The topological polar surface area (TPSA) is 53.7 Å². The molecule has 0 atom stereocenters. The van der Waals surface area contributed by atoms with Crippen molar-refractivity contribution in [2.45, 2.75) is 39.5 Å². The van der Waals surface area contributed by atoms with Gasteiger partial charge in [0.25, 0.3) is 0 Å². The Morgan fingerprint density at radius 3 is 2.23 bits per heavy atom. The molecule has 0 aliphatic carbocycles. The van der Waals surface area contributed by atoms with Gasteiger partial charge in [-0.15, -0.1) is 0 Å². The molecule has 0 bridgehead atoms. The molecule has 4 heteroatoms. The first kappa shape index (κ1) is 20.1. The van der Waals surface area contributed by atoms with Crippen LogP contribution in [0.15, 0.2) is 36.4 Å². The molecule has 2 rings (SSSR count). The van der Waals surface area contributed by atoms with E-state index in [4.69, 9.17) is 19.9 Å². The summed E-state index contributed by atoms with van der Waals surface area (Å²) >= 11 is 0. The molecule has 2 aromatic rings. The monoisotopic (exact) mass is 357 g/mol. The van der Waals surface area contributed by atoms with Crippen LogP contribution in [0.5, 0.6) is 17.2 Å². The fraction of sp³-hybridized carbons (Fsp3) is 0.455. The first-order valence-electron chi connectivity index (χ1n) is 9.09. The van der Waals surface area contributed by atoms with Crippen molar-refractivity contribution in [3.05, 3.63) is 53.1 Å². The van der Waals surface area contributed by atoms with Gasteiger partial charge in [-0.3, -0.25) is 0 Å². The Kier molecular flexibility index (Phi) is 6.92. The molecule has 0 saturated heterocycles. The average molecular weight is 357 g/mol. The maximum absolute atomic E-state index is 6.02. The van der Waals surface area contributed by atoms with Crippen LogP contribution in [-0.4, -0.2) is 26.9 Å². The highest BCUT2D eigenvalue weighted by Crippen LogP contribution is 2.32. The van der Waals surface area contributed by atoms with Crippen LogP contribution in [0.1, 0.15) is 37.5 Å². The van der Waals surface area contributed by atoms with Gasteiger partial charge in [0, 0.05) is 6.07 Å². The lowest BCUT2D eigenvalue weighted by atomic mass is 9.85. The number of ether oxygens (including phenoxy) is 3. The molecular weight excluding hydrogens is 326 g/mol. The van der Waals surface area contributed by atoms with Crippen LogP contribution in [0.4, 0.5) is 0 Å². The van der Waals surface area contributed by atoms with Gasteiger partial charge >= 0.3 is 0 Å². The van der Waals surface area contributed by atoms with Gasteiger partial charge in [0.05, 0.1) is 7.11 Å². The summed E-state index contributed by atoms with van der Waals surface area (Å²) in [5.74, 6) is 2.49. The number of nitrogens with two attached hydrogens (primary N) is 1. The van der Waals surface area contributed by atoms with E-state index in [0.717, 1.165) is 29.2 Å². The largest absolute Gasteiger partial charge is 0.497 e. The lowest BCUT2D eigenvalue weighted by Crippen LogP contribution is -2.16. The van der Waals surface area contributed by atoms with Crippen molar-refractivity contribution in [3.8, 4) is 17.2 Å². The molecule has 0 aliphatic heterocycles. The Bertz CT molecular complexity index is 720. The molecule has 0 fully saturated rings. The van der Waals surface area contributed by atoms with Gasteiger partial charge in [-0.1, -0.05) is 44.5 Å². The number of hydrogen-bond donors (Lipinski definition) is 1. The molecule has 26 heavy (non-hydrogen) atoms. The molecule has 0 spiro atoms. The lowest BCUT2D eigenvalue weighted by Gasteiger charge is -2.23. The summed E-state index contributed by atoms with van der Waals surface area (Å²) in [6.45, 7) is 10.2. The minimum Gasteiger partial charge on any atom is -0.497 e. The minimum atomic E-state index is 0.0311. The zero-order valence-corrected chi connectivity index (χ0v) is 16.6. The molecule has 0 radical (unpaired) electrons. The van der Waals surface area contributed by atoms with E-state index < -0.39 is 0 Å². The van der Waals surface area contributed by atoms with E-state index >= 15 is 0 Å². The number of aryl methyl sites for hydroxylation is 1. The van der Waals surface area contributed by atoms with E-state index in [0.29, 0.717) is 19.8 Å². The highest BCUT2D eigenvalue weighted by atomic mass is 16.5. The smallest absolute Gasteiger partial charge is 0.126 e. The van der Waals surface area contributed by atoms with Crippen LogP contribution in [-0.2, 0) is 11.8 Å². The summed E-state index contributed by atoms with van der Waals surface area (Å²) in [6, 6.07) is 12.1. The van der Waals surface area contributed by atoms with Gasteiger partial charge in [0.1, 0.15) is 30.5 Å². The Labute approximate surface area is 157 Å². The van der Waals surface area contributed by atoms with E-state index in [1.54, 1.807) is 7.11 Å². The lowest BCUT2D eigenvalue weighted by molar-refractivity contribution is 0.212. The van der Waals surface area contributed by atoms with Crippen molar-refractivity contribution >= 4 is 0 Å². The molecule has 2 N–H and O–H groups in total. The van der Waals surface area contributed by atoms with Crippen LogP contribution in [0.2, 0.25) is 0 Å². The van der Waals surface area contributed by atoms with Gasteiger partial charge in [0.2, 0.25) is 0 Å². The molecule has 0 aromatic heterocycles. The van der Waals surface area contributed by atoms with Crippen molar-refractivity contribution in [3.63, 3.8) is 0 Å². The Morgan fingerprint density at radius 1 is 0.923 bits per heavy atom. The van der Waals surface area contributed by atoms with Crippen LogP contribution in [0.3, 0.4) is 0 Å². The highest BCUT2D eigenvalue weighted by Gasteiger charge is 2.19. The number of methoxy groups -OCH3 is 1. The van der Waals surface area contributed by atoms with E-state index in [9.17, 15) is 0 Å². The summed E-state index contributed by atoms with van der Waals surface area (Å²) in [7, 11) is 1.65. The van der Waals surface area contributed by atoms with Gasteiger partial charge in [0.15, 0.2) is 0 Å². The quantitative estimate of drug-likeness (QED) is 0.717. The molecule has 0 heterocycles. The highest BCUT2D eigenvalue weighted by molar-refractivity contribution is 5.42. The Balaban J connectivity index is 2.01. The molecule has 0 aliphatic rings. The molecule has 0 unspecified atom stereocenters. The van der Waals surface area contributed by atoms with Crippen LogP contribution < -0.4 is 19.9 Å². The summed E-state index contributed by atoms with van der Waals surface area (Å²) in [5, 5.41) is 0. The third-order valence-electron chi connectivity index (χ3n) is 4.23. The number of rotatable bonds is 8. The summed E-state index contributed by atoms with van der Waals surface area (Å²) in [6.07, 6.45) is 0.770. The van der Waals surface area contributed by atoms with E-state index in [1.165, 1.54) is 11.1 Å². The molecule has 0 amide bonds. The fourth-order valence-corrected chi connectivity index (χ4v) is 2.82. The third kappa shape index (κ3) is 5.40. The van der Waals surface area contributed by atoms with Crippen LogP contribution in [0.25, 0.3) is 0 Å². The molecule has 0 saturated carbocycles. The second-order valence-corrected chi connectivity index (χ2v) is 7.46. The van der Waals surface area contributed by atoms with Gasteiger partial charge in [-0.05, 0) is 48.6 Å². The van der Waals surface area contributed by atoms with Crippen LogP contribution >= 0.6 is 0 Å². The SMILES string of the molecule is COc1ccc(CCN)c(OCCOc2ccc(C)cc2C(C)(C)C)c1. The summed E-state index contributed by atoms with van der Waals surface area (Å²) < 4.78 is 17.2. The predicted molar refractivity (Wildman–Crippen MR) is 107 cm³/mol.